The van der Waals surface area contributed by atoms with Crippen LogP contribution < -0.4 is 26.0 Å². The Hall–Kier alpha value is -5.24. The van der Waals surface area contributed by atoms with E-state index in [1.807, 2.05) is 51.1 Å². The number of nitrogens with zero attached hydrogens (tertiary/aromatic N) is 3. The van der Waals surface area contributed by atoms with Gasteiger partial charge in [0.05, 0.1) is 5.54 Å². The van der Waals surface area contributed by atoms with Gasteiger partial charge in [-0.1, -0.05) is 67.4 Å². The number of carbonyl (C=O) groups is 3. The fourth-order valence-corrected chi connectivity index (χ4v) is 5.22. The lowest BCUT2D eigenvalue weighted by Crippen LogP contribution is -2.44. The molecule has 0 atom stereocenters. The molecule has 51 heavy (non-hydrogen) atoms. The number of rotatable bonds is 15. The molecule has 1 aromatic heterocycles. The maximum Gasteiger partial charge on any atom is 0.422 e. The van der Waals surface area contributed by atoms with Gasteiger partial charge in [-0.15, -0.1) is 0 Å². The standard InChI is InChI=1S/C36H37ClF3N7O4/c1-22-5-4-6-23(17-22)18-28(48)30(50)42-20-34(2,3)19-41-29(49)24-7-13-27(14-8-24)43-31-44-32(46-33(45-31)51-21-36(38,39)40)47-35(15-16-35)25-9-11-26(37)12-10-25/h4-14,17H,15-16,18-21H2,1-3H3,(H,41,49)(H,42,50)(H2,43,44,45,46,47). The summed E-state index contributed by atoms with van der Waals surface area (Å²) < 4.78 is 43.6. The molecule has 0 spiro atoms. The van der Waals surface area contributed by atoms with Gasteiger partial charge < -0.3 is 26.0 Å². The van der Waals surface area contributed by atoms with Crippen LogP contribution in [0.1, 0.15) is 53.7 Å². The van der Waals surface area contributed by atoms with Crippen molar-refractivity contribution in [1.82, 2.24) is 25.6 Å². The lowest BCUT2D eigenvalue weighted by Gasteiger charge is -2.25. The van der Waals surface area contributed by atoms with E-state index in [1.54, 1.807) is 42.5 Å². The molecule has 3 aromatic carbocycles. The Balaban J connectivity index is 1.17. The van der Waals surface area contributed by atoms with E-state index in [9.17, 15) is 27.6 Å². The number of amides is 2. The minimum Gasteiger partial charge on any atom is -0.454 e. The monoisotopic (exact) mass is 723 g/mol. The Kier molecular flexibility index (Phi) is 11.1. The molecule has 2 amide bonds. The number of Topliss-reactive ketones (excluding diaryl/α,β-unsaturated/α-hetero) is 1. The first-order valence-electron chi connectivity index (χ1n) is 16.1. The predicted molar refractivity (Wildman–Crippen MR) is 186 cm³/mol. The van der Waals surface area contributed by atoms with Crippen LogP contribution in [0.3, 0.4) is 0 Å². The lowest BCUT2D eigenvalue weighted by atomic mass is 9.93. The van der Waals surface area contributed by atoms with E-state index < -0.39 is 41.4 Å². The van der Waals surface area contributed by atoms with Crippen LogP contribution in [0.2, 0.25) is 5.02 Å². The summed E-state index contributed by atoms with van der Waals surface area (Å²) in [6.07, 6.45) is -3.12. The van der Waals surface area contributed by atoms with Gasteiger partial charge in [-0.05, 0) is 72.7 Å². The van der Waals surface area contributed by atoms with Gasteiger partial charge in [0.15, 0.2) is 6.61 Å². The van der Waals surface area contributed by atoms with Gasteiger partial charge in [-0.3, -0.25) is 14.4 Å². The van der Waals surface area contributed by atoms with Crippen molar-refractivity contribution in [3.05, 3.63) is 100 Å². The smallest absolute Gasteiger partial charge is 0.422 e. The molecule has 0 saturated heterocycles. The van der Waals surface area contributed by atoms with Gasteiger partial charge in [0.1, 0.15) is 0 Å². The van der Waals surface area contributed by atoms with Crippen molar-refractivity contribution >= 4 is 46.8 Å². The quantitative estimate of drug-likeness (QED) is 0.104. The van der Waals surface area contributed by atoms with Crippen molar-refractivity contribution in [3.63, 3.8) is 0 Å². The molecule has 5 rings (SSSR count). The van der Waals surface area contributed by atoms with Crippen LogP contribution in [0.5, 0.6) is 6.01 Å². The second-order valence-electron chi connectivity index (χ2n) is 13.2. The van der Waals surface area contributed by atoms with Gasteiger partial charge in [0.2, 0.25) is 17.7 Å². The molecule has 4 aromatic rings. The van der Waals surface area contributed by atoms with Gasteiger partial charge in [0.25, 0.3) is 11.8 Å². The number of benzene rings is 3. The summed E-state index contributed by atoms with van der Waals surface area (Å²) in [5.41, 5.74) is 2.37. The Morgan fingerprint density at radius 3 is 2.20 bits per heavy atom. The van der Waals surface area contributed by atoms with Gasteiger partial charge in [0, 0.05) is 35.8 Å². The summed E-state index contributed by atoms with van der Waals surface area (Å²) in [7, 11) is 0. The number of hydrogen-bond donors (Lipinski definition) is 4. The second kappa shape index (κ2) is 15.3. The predicted octanol–water partition coefficient (Wildman–Crippen LogP) is 6.30. The second-order valence-corrected chi connectivity index (χ2v) is 13.6. The van der Waals surface area contributed by atoms with Crippen molar-refractivity contribution in [2.45, 2.75) is 51.7 Å². The highest BCUT2D eigenvalue weighted by Crippen LogP contribution is 2.48. The number of alkyl halides is 3. The van der Waals surface area contributed by atoms with E-state index in [0.29, 0.717) is 16.3 Å². The normalized spacial score (nSPS) is 13.5. The van der Waals surface area contributed by atoms with E-state index in [-0.39, 0.29) is 37.3 Å². The fourth-order valence-electron chi connectivity index (χ4n) is 5.10. The van der Waals surface area contributed by atoms with Crippen LogP contribution in [-0.4, -0.2) is 58.4 Å². The van der Waals surface area contributed by atoms with Gasteiger partial charge in [-0.2, -0.15) is 28.1 Å². The van der Waals surface area contributed by atoms with Crippen LogP contribution >= 0.6 is 11.6 Å². The highest BCUT2D eigenvalue weighted by atomic mass is 35.5. The minimum absolute atomic E-state index is 0.00110. The van der Waals surface area contributed by atoms with E-state index in [4.69, 9.17) is 16.3 Å². The average molecular weight is 724 g/mol. The maximum atomic E-state index is 12.9. The summed E-state index contributed by atoms with van der Waals surface area (Å²) in [6, 6.07) is 20.4. The molecular weight excluding hydrogens is 687 g/mol. The first-order valence-corrected chi connectivity index (χ1v) is 16.5. The molecule has 1 aliphatic rings. The van der Waals surface area contributed by atoms with Crippen LogP contribution in [0.15, 0.2) is 72.8 Å². The summed E-state index contributed by atoms with van der Waals surface area (Å²) >= 11 is 6.03. The molecule has 1 fully saturated rings. The van der Waals surface area contributed by atoms with Crippen molar-refractivity contribution in [1.29, 1.82) is 0 Å². The maximum absolute atomic E-state index is 12.9. The number of hydrogen-bond acceptors (Lipinski definition) is 9. The molecule has 1 heterocycles. The highest BCUT2D eigenvalue weighted by molar-refractivity contribution is 6.36. The molecule has 1 aliphatic carbocycles. The van der Waals surface area contributed by atoms with Crippen LogP contribution in [0.4, 0.5) is 30.8 Å². The first kappa shape index (κ1) is 37.0. The molecule has 4 N–H and O–H groups in total. The van der Waals surface area contributed by atoms with Crippen molar-refractivity contribution in [2.75, 3.05) is 30.3 Å². The molecule has 0 aliphatic heterocycles. The third-order valence-electron chi connectivity index (χ3n) is 8.04. The number of ether oxygens (including phenoxy) is 1. The van der Waals surface area contributed by atoms with E-state index >= 15 is 0 Å². The molecule has 0 bridgehead atoms. The zero-order valence-corrected chi connectivity index (χ0v) is 28.9. The molecule has 268 valence electrons. The number of nitrogens with one attached hydrogen (secondary N) is 4. The van der Waals surface area contributed by atoms with E-state index in [1.165, 1.54) is 0 Å². The highest BCUT2D eigenvalue weighted by Gasteiger charge is 2.45. The van der Waals surface area contributed by atoms with E-state index in [2.05, 4.69) is 36.2 Å². The number of aromatic nitrogens is 3. The minimum atomic E-state index is -4.60. The van der Waals surface area contributed by atoms with E-state index in [0.717, 1.165) is 29.5 Å². The third kappa shape index (κ3) is 10.9. The van der Waals surface area contributed by atoms with Crippen LogP contribution in [0.25, 0.3) is 0 Å². The third-order valence-corrected chi connectivity index (χ3v) is 8.29. The van der Waals surface area contributed by atoms with Crippen molar-refractivity contribution in [2.24, 2.45) is 5.41 Å². The topological polar surface area (TPSA) is 147 Å². The Morgan fingerprint density at radius 1 is 0.882 bits per heavy atom. The zero-order chi connectivity index (χ0) is 36.8. The summed E-state index contributed by atoms with van der Waals surface area (Å²) in [6.45, 7) is 4.38. The van der Waals surface area contributed by atoms with Crippen molar-refractivity contribution in [3.8, 4) is 6.01 Å². The number of halogens is 4. The number of anilines is 3. The largest absolute Gasteiger partial charge is 0.454 e. The summed E-state index contributed by atoms with van der Waals surface area (Å²) in [4.78, 5) is 50.2. The molecule has 0 radical (unpaired) electrons. The van der Waals surface area contributed by atoms with Gasteiger partial charge >= 0.3 is 12.2 Å². The number of aryl methyl sites for hydroxylation is 1. The molecule has 0 unspecified atom stereocenters. The Bertz CT molecular complexity index is 1880. The lowest BCUT2D eigenvalue weighted by molar-refractivity contribution is -0.154. The van der Waals surface area contributed by atoms with Crippen LogP contribution in [-0.2, 0) is 21.5 Å². The number of ketones is 1. The Labute approximate surface area is 297 Å². The van der Waals surface area contributed by atoms with Crippen molar-refractivity contribution < 1.29 is 32.3 Å². The molecule has 15 heteroatoms. The summed E-state index contributed by atoms with van der Waals surface area (Å²) in [5.74, 6) is -1.67. The average Bonchev–Trinajstić information content (AvgIpc) is 3.85. The van der Waals surface area contributed by atoms with Gasteiger partial charge in [-0.25, -0.2) is 0 Å². The molecular formula is C36H37ClF3N7O4. The Morgan fingerprint density at radius 2 is 1.55 bits per heavy atom. The number of carbonyl (C=O) groups excluding carboxylic acids is 3. The first-order chi connectivity index (χ1) is 24.1. The van der Waals surface area contributed by atoms with Crippen LogP contribution in [0, 0.1) is 12.3 Å². The fraction of sp³-hybridized carbons (Fsp3) is 0.333. The summed E-state index contributed by atoms with van der Waals surface area (Å²) in [5, 5.41) is 12.2. The zero-order valence-electron chi connectivity index (χ0n) is 28.2. The SMILES string of the molecule is Cc1cccc(CC(=O)C(=O)NCC(C)(C)CNC(=O)c2ccc(Nc3nc(NC4(c5ccc(Cl)cc5)CC4)nc(OCC(F)(F)F)n3)cc2)c1. The molecule has 1 saturated carbocycles. The molecule has 11 nitrogen and oxygen atoms in total.